The average molecular weight is 266 g/mol. The fraction of sp³-hybridized carbons (Fsp3) is 0.600. The summed E-state index contributed by atoms with van der Waals surface area (Å²) in [6, 6.07) is 6.04. The van der Waals surface area contributed by atoms with Gasteiger partial charge in [0, 0.05) is 6.04 Å². The Kier molecular flexibility index (Phi) is 5.63. The van der Waals surface area contributed by atoms with Gasteiger partial charge in [-0.05, 0) is 36.0 Å². The summed E-state index contributed by atoms with van der Waals surface area (Å²) in [5, 5.41) is 0. The van der Waals surface area contributed by atoms with Crippen LogP contribution in [0, 0.1) is 5.41 Å². The molecule has 0 spiro atoms. The molecule has 0 fully saturated rings. The van der Waals surface area contributed by atoms with E-state index in [2.05, 4.69) is 26.2 Å². The summed E-state index contributed by atoms with van der Waals surface area (Å²) < 4.78 is 10.6. The Morgan fingerprint density at radius 3 is 2.26 bits per heavy atom. The Balaban J connectivity index is 2.86. The summed E-state index contributed by atoms with van der Waals surface area (Å²) in [6.45, 7) is 6.69. The van der Waals surface area contributed by atoms with Crippen molar-refractivity contribution in [1.29, 1.82) is 0 Å². The highest BCUT2D eigenvalue weighted by molar-refractivity contribution is 5.43. The summed E-state index contributed by atoms with van der Waals surface area (Å²) >= 11 is 0. The lowest BCUT2D eigenvalue weighted by atomic mass is 9.87. The molecule has 1 unspecified atom stereocenters. The molecule has 0 radical (unpaired) electrons. The molecule has 0 aliphatic carbocycles. The van der Waals surface area contributed by atoms with E-state index in [1.165, 1.54) is 0 Å². The molecule has 1 aromatic rings. The van der Waals surface area contributed by atoms with Crippen LogP contribution in [0.1, 0.15) is 45.2 Å². The van der Waals surface area contributed by atoms with Gasteiger partial charge >= 0.3 is 0 Å². The summed E-state index contributed by atoms with van der Waals surface area (Å²) in [6.07, 6.45) is 2.08. The first-order valence-corrected chi connectivity index (χ1v) is 6.59. The van der Waals surface area contributed by atoms with Gasteiger partial charge in [0.15, 0.2) is 11.5 Å². The third-order valence-corrected chi connectivity index (χ3v) is 3.19. The maximum absolute atomic E-state index is 5.67. The average Bonchev–Trinajstić information content (AvgIpc) is 2.37. The molecule has 0 saturated carbocycles. The largest absolute Gasteiger partial charge is 0.493 e. The zero-order chi connectivity index (χ0) is 14.5. The molecule has 0 aliphatic heterocycles. The zero-order valence-corrected chi connectivity index (χ0v) is 12.6. The first-order valence-electron chi connectivity index (χ1n) is 6.59. The lowest BCUT2D eigenvalue weighted by Crippen LogP contribution is -2.29. The maximum Gasteiger partial charge on any atom is 0.161 e. The van der Waals surface area contributed by atoms with Crippen LogP contribution < -0.4 is 20.7 Å². The van der Waals surface area contributed by atoms with Crippen LogP contribution >= 0.6 is 0 Å². The fourth-order valence-electron chi connectivity index (χ4n) is 1.99. The monoisotopic (exact) mass is 266 g/mol. The SMILES string of the molecule is COc1ccc(C(CCC(C)(C)C)NN)cc1OC. The molecule has 0 aliphatic rings. The van der Waals surface area contributed by atoms with Crippen LogP contribution in [-0.4, -0.2) is 14.2 Å². The van der Waals surface area contributed by atoms with Gasteiger partial charge in [-0.2, -0.15) is 0 Å². The van der Waals surface area contributed by atoms with Crippen LogP contribution in [0.5, 0.6) is 11.5 Å². The Bertz CT molecular complexity index is 400. The Morgan fingerprint density at radius 2 is 1.79 bits per heavy atom. The minimum Gasteiger partial charge on any atom is -0.493 e. The highest BCUT2D eigenvalue weighted by Gasteiger charge is 2.17. The molecule has 0 saturated heterocycles. The van der Waals surface area contributed by atoms with E-state index in [0.717, 1.165) is 29.9 Å². The third kappa shape index (κ3) is 4.73. The van der Waals surface area contributed by atoms with E-state index in [0.29, 0.717) is 5.41 Å². The van der Waals surface area contributed by atoms with Crippen molar-refractivity contribution in [3.63, 3.8) is 0 Å². The summed E-state index contributed by atoms with van der Waals surface area (Å²) in [7, 11) is 3.28. The van der Waals surface area contributed by atoms with E-state index in [4.69, 9.17) is 15.3 Å². The van der Waals surface area contributed by atoms with Crippen molar-refractivity contribution < 1.29 is 9.47 Å². The van der Waals surface area contributed by atoms with Crippen LogP contribution in [0.15, 0.2) is 18.2 Å². The Hall–Kier alpha value is -1.26. The number of hydrogen-bond acceptors (Lipinski definition) is 4. The van der Waals surface area contributed by atoms with Crippen LogP contribution in [-0.2, 0) is 0 Å². The highest BCUT2D eigenvalue weighted by atomic mass is 16.5. The lowest BCUT2D eigenvalue weighted by Gasteiger charge is -2.23. The molecular formula is C15H26N2O2. The van der Waals surface area contributed by atoms with Gasteiger partial charge < -0.3 is 9.47 Å². The standard InChI is InChI=1S/C15H26N2O2/c1-15(2,3)9-8-12(17-16)11-6-7-13(18-4)14(10-11)19-5/h6-7,10,12,17H,8-9,16H2,1-5H3. The van der Waals surface area contributed by atoms with E-state index in [-0.39, 0.29) is 6.04 Å². The van der Waals surface area contributed by atoms with Gasteiger partial charge in [0.25, 0.3) is 0 Å². The van der Waals surface area contributed by atoms with E-state index in [1.807, 2.05) is 18.2 Å². The number of hydrogen-bond donors (Lipinski definition) is 2. The second-order valence-corrected chi connectivity index (χ2v) is 5.93. The van der Waals surface area contributed by atoms with E-state index >= 15 is 0 Å². The number of nitrogens with two attached hydrogens (primary N) is 1. The molecule has 0 bridgehead atoms. The zero-order valence-electron chi connectivity index (χ0n) is 12.6. The van der Waals surface area contributed by atoms with Gasteiger partial charge in [-0.15, -0.1) is 0 Å². The van der Waals surface area contributed by atoms with Gasteiger partial charge in [-0.3, -0.25) is 11.3 Å². The topological polar surface area (TPSA) is 56.5 Å². The van der Waals surface area contributed by atoms with E-state index in [1.54, 1.807) is 14.2 Å². The van der Waals surface area contributed by atoms with Crippen molar-refractivity contribution in [1.82, 2.24) is 5.43 Å². The minimum absolute atomic E-state index is 0.124. The number of methoxy groups -OCH3 is 2. The van der Waals surface area contributed by atoms with E-state index < -0.39 is 0 Å². The number of hydrazine groups is 1. The number of rotatable bonds is 6. The van der Waals surface area contributed by atoms with Gasteiger partial charge in [0.05, 0.1) is 14.2 Å². The molecular weight excluding hydrogens is 240 g/mol. The predicted octanol–water partition coefficient (Wildman–Crippen LogP) is 3.03. The van der Waals surface area contributed by atoms with Crippen LogP contribution in [0.25, 0.3) is 0 Å². The van der Waals surface area contributed by atoms with Crippen molar-refractivity contribution in [3.8, 4) is 11.5 Å². The summed E-state index contributed by atoms with van der Waals surface area (Å²) in [5.41, 5.74) is 4.30. The van der Waals surface area contributed by atoms with Crippen molar-refractivity contribution in [2.45, 2.75) is 39.7 Å². The molecule has 3 N–H and O–H groups in total. The quantitative estimate of drug-likeness (QED) is 0.614. The highest BCUT2D eigenvalue weighted by Crippen LogP contribution is 2.32. The maximum atomic E-state index is 5.67. The smallest absolute Gasteiger partial charge is 0.161 e. The van der Waals surface area contributed by atoms with Gasteiger partial charge in [-0.25, -0.2) is 0 Å². The number of ether oxygens (including phenoxy) is 2. The second kappa shape index (κ2) is 6.78. The first-order chi connectivity index (χ1) is 8.91. The Morgan fingerprint density at radius 1 is 1.16 bits per heavy atom. The molecule has 0 heterocycles. The van der Waals surface area contributed by atoms with Gasteiger partial charge in [0.1, 0.15) is 0 Å². The van der Waals surface area contributed by atoms with Crippen LogP contribution in [0.2, 0.25) is 0 Å². The molecule has 19 heavy (non-hydrogen) atoms. The number of benzene rings is 1. The van der Waals surface area contributed by atoms with Gasteiger partial charge in [-0.1, -0.05) is 26.8 Å². The Labute approximate surface area is 116 Å². The first kappa shape index (κ1) is 15.8. The third-order valence-electron chi connectivity index (χ3n) is 3.19. The molecule has 1 atom stereocenters. The van der Waals surface area contributed by atoms with Crippen molar-refractivity contribution in [3.05, 3.63) is 23.8 Å². The van der Waals surface area contributed by atoms with Crippen molar-refractivity contribution >= 4 is 0 Å². The van der Waals surface area contributed by atoms with Crippen LogP contribution in [0.4, 0.5) is 0 Å². The fourth-order valence-corrected chi connectivity index (χ4v) is 1.99. The second-order valence-electron chi connectivity index (χ2n) is 5.93. The summed E-state index contributed by atoms with van der Waals surface area (Å²) in [5.74, 6) is 7.14. The van der Waals surface area contributed by atoms with Gasteiger partial charge in [0.2, 0.25) is 0 Å². The molecule has 4 heteroatoms. The summed E-state index contributed by atoms with van der Waals surface area (Å²) in [4.78, 5) is 0. The van der Waals surface area contributed by atoms with E-state index in [9.17, 15) is 0 Å². The molecule has 108 valence electrons. The van der Waals surface area contributed by atoms with Crippen LogP contribution in [0.3, 0.4) is 0 Å². The lowest BCUT2D eigenvalue weighted by molar-refractivity contribution is 0.331. The molecule has 1 rings (SSSR count). The minimum atomic E-state index is 0.124. The molecule has 0 aromatic heterocycles. The number of nitrogens with one attached hydrogen (secondary N) is 1. The molecule has 1 aromatic carbocycles. The predicted molar refractivity (Wildman–Crippen MR) is 78.3 cm³/mol. The van der Waals surface area contributed by atoms with Crippen molar-refractivity contribution in [2.24, 2.45) is 11.3 Å². The van der Waals surface area contributed by atoms with Crippen molar-refractivity contribution in [2.75, 3.05) is 14.2 Å². The molecule has 0 amide bonds. The normalized spacial score (nSPS) is 13.2. The molecule has 4 nitrogen and oxygen atoms in total.